The Morgan fingerprint density at radius 1 is 1.36 bits per heavy atom. The molecule has 2 atom stereocenters. The number of hydrogen-bond donors (Lipinski definition) is 1. The second-order valence-electron chi connectivity index (χ2n) is 5.08. The molecule has 2 unspecified atom stereocenters. The van der Waals surface area contributed by atoms with Crippen LogP contribution in [0.2, 0.25) is 15.2 Å². The first kappa shape index (κ1) is 17.7. The Morgan fingerprint density at radius 2 is 2.05 bits per heavy atom. The van der Waals surface area contributed by atoms with Crippen molar-refractivity contribution in [3.63, 3.8) is 0 Å². The minimum atomic E-state index is -0.951. The fourth-order valence-electron chi connectivity index (χ4n) is 1.99. The molecule has 0 aliphatic carbocycles. The quantitative estimate of drug-likeness (QED) is 0.802. The summed E-state index contributed by atoms with van der Waals surface area (Å²) in [6.07, 6.45) is -1.68. The van der Waals surface area contributed by atoms with Gasteiger partial charge in [0, 0.05) is 0 Å². The summed E-state index contributed by atoms with van der Waals surface area (Å²) in [6.45, 7) is 2.61. The predicted molar refractivity (Wildman–Crippen MR) is 80.7 cm³/mol. The largest absolute Gasteiger partial charge is 0.468 e. The first-order chi connectivity index (χ1) is 10.2. The first-order valence-corrected chi connectivity index (χ1v) is 7.50. The van der Waals surface area contributed by atoms with Crippen LogP contribution >= 0.6 is 34.8 Å². The second kappa shape index (κ2) is 6.86. The zero-order valence-electron chi connectivity index (χ0n) is 11.8. The van der Waals surface area contributed by atoms with Crippen LogP contribution in [0.5, 0.6) is 5.88 Å². The van der Waals surface area contributed by atoms with Crippen LogP contribution in [0.1, 0.15) is 13.8 Å². The van der Waals surface area contributed by atoms with Crippen LogP contribution in [0, 0.1) is 0 Å². The van der Waals surface area contributed by atoms with Crippen LogP contribution in [0.3, 0.4) is 0 Å². The van der Waals surface area contributed by atoms with E-state index < -0.39 is 23.8 Å². The van der Waals surface area contributed by atoms with E-state index in [9.17, 15) is 9.90 Å². The highest BCUT2D eigenvalue weighted by molar-refractivity contribution is 6.42. The second-order valence-corrected chi connectivity index (χ2v) is 6.25. The molecule has 1 N–H and O–H groups in total. The maximum Gasteiger partial charge on any atom is 0.234 e. The highest BCUT2D eigenvalue weighted by Gasteiger charge is 2.44. The molecular formula is C13H14Cl3NO5. The summed E-state index contributed by atoms with van der Waals surface area (Å²) < 4.78 is 16.1. The highest BCUT2D eigenvalue weighted by atomic mass is 35.5. The lowest BCUT2D eigenvalue weighted by Crippen LogP contribution is -2.37. The third-order valence-electron chi connectivity index (χ3n) is 2.89. The van der Waals surface area contributed by atoms with Gasteiger partial charge in [0.05, 0.1) is 11.6 Å². The van der Waals surface area contributed by atoms with Gasteiger partial charge in [-0.3, -0.25) is 4.79 Å². The van der Waals surface area contributed by atoms with Gasteiger partial charge in [0.25, 0.3) is 0 Å². The van der Waals surface area contributed by atoms with Gasteiger partial charge in [-0.1, -0.05) is 34.8 Å². The summed E-state index contributed by atoms with van der Waals surface area (Å²) in [4.78, 5) is 16.0. The van der Waals surface area contributed by atoms with E-state index in [1.54, 1.807) is 13.8 Å². The lowest BCUT2D eigenvalue weighted by Gasteiger charge is -2.16. The minimum Gasteiger partial charge on any atom is -0.468 e. The van der Waals surface area contributed by atoms with Crippen molar-refractivity contribution in [3.05, 3.63) is 21.3 Å². The van der Waals surface area contributed by atoms with Crippen molar-refractivity contribution in [2.75, 3.05) is 13.2 Å². The smallest absolute Gasteiger partial charge is 0.234 e. The SMILES string of the molecule is CC1(C)OC(CO)C(C(=O)COc2nc(Cl)c(Cl)cc2Cl)O1. The van der Waals surface area contributed by atoms with E-state index in [1.807, 2.05) is 0 Å². The van der Waals surface area contributed by atoms with E-state index in [0.717, 1.165) is 0 Å². The Balaban J connectivity index is 2.03. The van der Waals surface area contributed by atoms with Crippen molar-refractivity contribution in [2.24, 2.45) is 0 Å². The van der Waals surface area contributed by atoms with Crippen LogP contribution in [0.4, 0.5) is 0 Å². The van der Waals surface area contributed by atoms with Crippen molar-refractivity contribution < 1.29 is 24.1 Å². The van der Waals surface area contributed by atoms with Gasteiger partial charge in [-0.25, -0.2) is 0 Å². The Bertz CT molecular complexity index is 581. The van der Waals surface area contributed by atoms with Gasteiger partial charge in [-0.05, 0) is 19.9 Å². The number of aliphatic hydroxyl groups excluding tert-OH is 1. The molecule has 1 aliphatic heterocycles. The fourth-order valence-corrected chi connectivity index (χ4v) is 2.54. The molecular weight excluding hydrogens is 357 g/mol. The van der Waals surface area contributed by atoms with Crippen molar-refractivity contribution in [3.8, 4) is 5.88 Å². The van der Waals surface area contributed by atoms with Crippen molar-refractivity contribution in [1.29, 1.82) is 0 Å². The molecule has 0 radical (unpaired) electrons. The first-order valence-electron chi connectivity index (χ1n) is 6.37. The summed E-state index contributed by atoms with van der Waals surface area (Å²) in [5, 5.41) is 9.58. The van der Waals surface area contributed by atoms with Crippen LogP contribution < -0.4 is 4.74 Å². The topological polar surface area (TPSA) is 77.9 Å². The Morgan fingerprint density at radius 3 is 2.68 bits per heavy atom. The summed E-state index contributed by atoms with van der Waals surface area (Å²) in [7, 11) is 0. The number of nitrogens with zero attached hydrogens (tertiary/aromatic N) is 1. The summed E-state index contributed by atoms with van der Waals surface area (Å²) in [5.41, 5.74) is 0. The van der Waals surface area contributed by atoms with E-state index in [1.165, 1.54) is 6.07 Å². The lowest BCUT2D eigenvalue weighted by atomic mass is 10.1. The maximum atomic E-state index is 12.2. The van der Waals surface area contributed by atoms with Gasteiger partial charge >= 0.3 is 0 Å². The van der Waals surface area contributed by atoms with E-state index in [2.05, 4.69) is 4.98 Å². The number of aromatic nitrogens is 1. The number of Topliss-reactive ketones (excluding diaryl/α,β-unsaturated/α-hetero) is 1. The molecule has 22 heavy (non-hydrogen) atoms. The molecule has 1 aliphatic rings. The van der Waals surface area contributed by atoms with Crippen LogP contribution in [0.25, 0.3) is 0 Å². The zero-order chi connectivity index (χ0) is 16.5. The maximum absolute atomic E-state index is 12.2. The number of aliphatic hydroxyl groups is 1. The summed E-state index contributed by atoms with van der Waals surface area (Å²) >= 11 is 17.4. The minimum absolute atomic E-state index is 0.0110. The molecule has 1 saturated heterocycles. The molecule has 1 fully saturated rings. The van der Waals surface area contributed by atoms with Gasteiger partial charge in [0.1, 0.15) is 11.1 Å². The number of carbonyl (C=O) groups is 1. The molecule has 0 saturated carbocycles. The monoisotopic (exact) mass is 369 g/mol. The predicted octanol–water partition coefficient (Wildman–Crippen LogP) is 2.50. The number of rotatable bonds is 5. The molecule has 1 aromatic rings. The molecule has 2 rings (SSSR count). The number of ether oxygens (including phenoxy) is 3. The van der Waals surface area contributed by atoms with Gasteiger partial charge in [-0.15, -0.1) is 0 Å². The van der Waals surface area contributed by atoms with Crippen LogP contribution in [0.15, 0.2) is 6.07 Å². The summed E-state index contributed by atoms with van der Waals surface area (Å²) in [5.74, 6) is -1.37. The molecule has 0 aromatic carbocycles. The Labute approximate surface area is 142 Å². The average Bonchev–Trinajstić information content (AvgIpc) is 2.76. The molecule has 0 amide bonds. The number of halogens is 3. The van der Waals surface area contributed by atoms with E-state index in [-0.39, 0.29) is 34.3 Å². The van der Waals surface area contributed by atoms with E-state index in [0.29, 0.717) is 0 Å². The van der Waals surface area contributed by atoms with Crippen LogP contribution in [-0.4, -0.2) is 47.1 Å². The molecule has 122 valence electrons. The normalized spacial score (nSPS) is 23.5. The Kier molecular flexibility index (Phi) is 5.53. The van der Waals surface area contributed by atoms with Crippen molar-refractivity contribution in [2.45, 2.75) is 31.8 Å². The van der Waals surface area contributed by atoms with Gasteiger partial charge in [0.2, 0.25) is 11.7 Å². The fraction of sp³-hybridized carbons (Fsp3) is 0.538. The van der Waals surface area contributed by atoms with Crippen LogP contribution in [-0.2, 0) is 14.3 Å². The lowest BCUT2D eigenvalue weighted by molar-refractivity contribution is -0.156. The third-order valence-corrected chi connectivity index (χ3v) is 3.83. The zero-order valence-corrected chi connectivity index (χ0v) is 14.1. The van der Waals surface area contributed by atoms with Gasteiger partial charge < -0.3 is 19.3 Å². The average molecular weight is 371 g/mol. The molecule has 9 heteroatoms. The molecule has 0 bridgehead atoms. The van der Waals surface area contributed by atoms with Gasteiger partial charge in [0.15, 0.2) is 23.7 Å². The van der Waals surface area contributed by atoms with Crippen molar-refractivity contribution in [1.82, 2.24) is 4.98 Å². The third kappa shape index (κ3) is 4.01. The van der Waals surface area contributed by atoms with E-state index >= 15 is 0 Å². The number of carbonyl (C=O) groups excluding carboxylic acids is 1. The van der Waals surface area contributed by atoms with Crippen molar-refractivity contribution >= 4 is 40.6 Å². The molecule has 6 nitrogen and oxygen atoms in total. The van der Waals surface area contributed by atoms with E-state index in [4.69, 9.17) is 49.0 Å². The Hall–Kier alpha value is -0.630. The molecule has 1 aromatic heterocycles. The molecule has 2 heterocycles. The number of pyridine rings is 1. The number of ketones is 1. The highest BCUT2D eigenvalue weighted by Crippen LogP contribution is 2.31. The summed E-state index contributed by atoms with van der Waals surface area (Å²) in [6, 6.07) is 1.37. The number of hydrogen-bond acceptors (Lipinski definition) is 6. The standard InChI is InChI=1S/C13H14Cl3NO5/c1-13(2)21-9(4-18)10(22-13)8(19)5-20-12-7(15)3-6(14)11(16)17-12/h3,9-10,18H,4-5H2,1-2H3. The molecule has 0 spiro atoms. The van der Waals surface area contributed by atoms with Gasteiger partial charge in [-0.2, -0.15) is 4.98 Å².